The van der Waals surface area contributed by atoms with Crippen molar-refractivity contribution < 1.29 is 4.79 Å². The van der Waals surface area contributed by atoms with E-state index in [1.165, 1.54) is 18.4 Å². The molecule has 2 atom stereocenters. The molecule has 0 aromatic heterocycles. The lowest BCUT2D eigenvalue weighted by Gasteiger charge is -2.29. The van der Waals surface area contributed by atoms with Crippen molar-refractivity contribution in [2.24, 2.45) is 17.6 Å². The molecule has 1 aliphatic rings. The molecule has 2 rings (SSSR count). The van der Waals surface area contributed by atoms with Crippen LogP contribution in [0, 0.1) is 11.8 Å². The third-order valence-corrected chi connectivity index (χ3v) is 4.43. The highest BCUT2D eigenvalue weighted by molar-refractivity contribution is 5.83. The van der Waals surface area contributed by atoms with Gasteiger partial charge >= 0.3 is 0 Å². The lowest BCUT2D eigenvalue weighted by molar-refractivity contribution is -0.124. The molecule has 0 aliphatic heterocycles. The molecule has 0 saturated heterocycles. The Balaban J connectivity index is 1.98. The van der Waals surface area contributed by atoms with E-state index in [4.69, 9.17) is 5.73 Å². The fourth-order valence-electron chi connectivity index (χ4n) is 3.14. The molecule has 0 amide bonds. The molecule has 1 aromatic carbocycles. The zero-order valence-corrected chi connectivity index (χ0v) is 11.9. The summed E-state index contributed by atoms with van der Waals surface area (Å²) in [6.07, 6.45) is 6.20. The smallest absolute Gasteiger partial charge is 0.140 e. The first kappa shape index (κ1) is 14.3. The van der Waals surface area contributed by atoms with E-state index < -0.39 is 0 Å². The number of ketones is 1. The summed E-state index contributed by atoms with van der Waals surface area (Å²) in [6, 6.07) is 8.45. The maximum absolute atomic E-state index is 12.4. The van der Waals surface area contributed by atoms with Crippen LogP contribution in [0.25, 0.3) is 0 Å². The van der Waals surface area contributed by atoms with Crippen LogP contribution in [0.2, 0.25) is 0 Å². The topological polar surface area (TPSA) is 43.1 Å². The van der Waals surface area contributed by atoms with Crippen LogP contribution < -0.4 is 5.73 Å². The molecule has 2 N–H and O–H groups in total. The highest BCUT2D eigenvalue weighted by atomic mass is 16.1. The predicted octanol–water partition coefficient (Wildman–Crippen LogP) is 3.13. The average Bonchev–Trinajstić information content (AvgIpc) is 2.48. The Morgan fingerprint density at radius 2 is 1.79 bits per heavy atom. The summed E-state index contributed by atoms with van der Waals surface area (Å²) >= 11 is 0. The van der Waals surface area contributed by atoms with Crippen molar-refractivity contribution in [3.8, 4) is 0 Å². The number of aryl methyl sites for hydroxylation is 1. The van der Waals surface area contributed by atoms with Gasteiger partial charge in [-0.3, -0.25) is 4.79 Å². The summed E-state index contributed by atoms with van der Waals surface area (Å²) in [6.45, 7) is 2.80. The SMILES string of the molecule is CCc1ccc(CC(=O)C2CCCCC2CN)cc1. The van der Waals surface area contributed by atoms with Crippen molar-refractivity contribution in [2.45, 2.75) is 45.4 Å². The van der Waals surface area contributed by atoms with Gasteiger partial charge in [-0.2, -0.15) is 0 Å². The van der Waals surface area contributed by atoms with Gasteiger partial charge in [0.2, 0.25) is 0 Å². The minimum absolute atomic E-state index is 0.199. The highest BCUT2D eigenvalue weighted by Crippen LogP contribution is 2.30. The number of hydrogen-bond acceptors (Lipinski definition) is 2. The van der Waals surface area contributed by atoms with Crippen LogP contribution in [0.15, 0.2) is 24.3 Å². The van der Waals surface area contributed by atoms with Gasteiger partial charge in [-0.05, 0) is 42.9 Å². The molecule has 104 valence electrons. The number of Topliss-reactive ketones (excluding diaryl/α,β-unsaturated/α-hetero) is 1. The van der Waals surface area contributed by atoms with Gasteiger partial charge in [0.1, 0.15) is 5.78 Å². The minimum Gasteiger partial charge on any atom is -0.330 e. The summed E-state index contributed by atoms with van der Waals surface area (Å²) in [5.41, 5.74) is 8.28. The summed E-state index contributed by atoms with van der Waals surface area (Å²) in [5, 5.41) is 0. The molecule has 0 bridgehead atoms. The van der Waals surface area contributed by atoms with Gasteiger partial charge in [0, 0.05) is 12.3 Å². The van der Waals surface area contributed by atoms with E-state index in [9.17, 15) is 4.79 Å². The third kappa shape index (κ3) is 3.66. The van der Waals surface area contributed by atoms with E-state index in [1.54, 1.807) is 0 Å². The Kier molecular flexibility index (Phi) is 5.15. The molecule has 2 unspecified atom stereocenters. The molecule has 19 heavy (non-hydrogen) atoms. The van der Waals surface area contributed by atoms with E-state index in [0.717, 1.165) is 24.8 Å². The molecule has 0 heterocycles. The third-order valence-electron chi connectivity index (χ3n) is 4.43. The van der Waals surface area contributed by atoms with Crippen LogP contribution in [0.5, 0.6) is 0 Å². The molecule has 2 nitrogen and oxygen atoms in total. The second kappa shape index (κ2) is 6.85. The van der Waals surface area contributed by atoms with E-state index in [2.05, 4.69) is 31.2 Å². The molecule has 1 fully saturated rings. The van der Waals surface area contributed by atoms with E-state index in [0.29, 0.717) is 24.7 Å². The summed E-state index contributed by atoms with van der Waals surface area (Å²) in [4.78, 5) is 12.4. The lowest BCUT2D eigenvalue weighted by atomic mass is 9.76. The van der Waals surface area contributed by atoms with Crippen LogP contribution in [-0.2, 0) is 17.6 Å². The zero-order chi connectivity index (χ0) is 13.7. The molecule has 1 saturated carbocycles. The van der Waals surface area contributed by atoms with Crippen LogP contribution in [-0.4, -0.2) is 12.3 Å². The predicted molar refractivity (Wildman–Crippen MR) is 79.0 cm³/mol. The zero-order valence-electron chi connectivity index (χ0n) is 11.9. The van der Waals surface area contributed by atoms with Crippen molar-refractivity contribution in [1.82, 2.24) is 0 Å². The molecule has 2 heteroatoms. The Bertz CT molecular complexity index is 410. The van der Waals surface area contributed by atoms with Gasteiger partial charge in [0.25, 0.3) is 0 Å². The molecule has 0 spiro atoms. The van der Waals surface area contributed by atoms with E-state index >= 15 is 0 Å². The van der Waals surface area contributed by atoms with E-state index in [1.807, 2.05) is 0 Å². The van der Waals surface area contributed by atoms with Gasteiger partial charge in [-0.1, -0.05) is 44.0 Å². The van der Waals surface area contributed by atoms with Gasteiger partial charge in [0.15, 0.2) is 0 Å². The van der Waals surface area contributed by atoms with Gasteiger partial charge in [-0.15, -0.1) is 0 Å². The monoisotopic (exact) mass is 259 g/mol. The molecule has 1 aromatic rings. The molecule has 1 aliphatic carbocycles. The van der Waals surface area contributed by atoms with Crippen molar-refractivity contribution in [3.63, 3.8) is 0 Å². The number of hydrogen-bond donors (Lipinski definition) is 1. The Hall–Kier alpha value is -1.15. The Morgan fingerprint density at radius 1 is 1.16 bits per heavy atom. The number of nitrogens with two attached hydrogens (primary N) is 1. The van der Waals surface area contributed by atoms with E-state index in [-0.39, 0.29) is 5.92 Å². The quantitative estimate of drug-likeness (QED) is 0.883. The Morgan fingerprint density at radius 3 is 2.42 bits per heavy atom. The van der Waals surface area contributed by atoms with Crippen molar-refractivity contribution >= 4 is 5.78 Å². The van der Waals surface area contributed by atoms with Gasteiger partial charge in [-0.25, -0.2) is 0 Å². The summed E-state index contributed by atoms with van der Waals surface area (Å²) in [5.74, 6) is 1.00. The lowest BCUT2D eigenvalue weighted by Crippen LogP contribution is -2.33. The standard InChI is InChI=1S/C17H25NO/c1-2-13-7-9-14(10-8-13)11-17(19)16-6-4-3-5-15(16)12-18/h7-10,15-16H,2-6,11-12,18H2,1H3. The van der Waals surface area contributed by atoms with Crippen LogP contribution in [0.4, 0.5) is 0 Å². The molecular formula is C17H25NO. The first-order chi connectivity index (χ1) is 9.24. The van der Waals surface area contributed by atoms with Crippen LogP contribution in [0.1, 0.15) is 43.7 Å². The average molecular weight is 259 g/mol. The maximum Gasteiger partial charge on any atom is 0.140 e. The first-order valence-electron chi connectivity index (χ1n) is 7.55. The minimum atomic E-state index is 0.199. The fraction of sp³-hybridized carbons (Fsp3) is 0.588. The largest absolute Gasteiger partial charge is 0.330 e. The molecule has 0 radical (unpaired) electrons. The second-order valence-corrected chi connectivity index (χ2v) is 5.70. The van der Waals surface area contributed by atoms with Crippen molar-refractivity contribution in [1.29, 1.82) is 0 Å². The number of carbonyl (C=O) groups excluding carboxylic acids is 1. The summed E-state index contributed by atoms with van der Waals surface area (Å²) < 4.78 is 0. The van der Waals surface area contributed by atoms with Gasteiger partial charge in [0.05, 0.1) is 0 Å². The normalized spacial score (nSPS) is 23.3. The number of carbonyl (C=O) groups is 1. The van der Waals surface area contributed by atoms with Crippen LogP contribution >= 0.6 is 0 Å². The van der Waals surface area contributed by atoms with Crippen LogP contribution in [0.3, 0.4) is 0 Å². The van der Waals surface area contributed by atoms with Crippen molar-refractivity contribution in [2.75, 3.05) is 6.54 Å². The summed E-state index contributed by atoms with van der Waals surface area (Å²) in [7, 11) is 0. The van der Waals surface area contributed by atoms with Crippen molar-refractivity contribution in [3.05, 3.63) is 35.4 Å². The maximum atomic E-state index is 12.4. The molecular weight excluding hydrogens is 234 g/mol. The Labute approximate surface area is 116 Å². The first-order valence-corrected chi connectivity index (χ1v) is 7.55. The highest BCUT2D eigenvalue weighted by Gasteiger charge is 2.29. The number of rotatable bonds is 5. The fourth-order valence-corrected chi connectivity index (χ4v) is 3.14. The second-order valence-electron chi connectivity index (χ2n) is 5.70. The number of benzene rings is 1. The van der Waals surface area contributed by atoms with Gasteiger partial charge < -0.3 is 5.73 Å².